The first kappa shape index (κ1) is 15.0. The summed E-state index contributed by atoms with van der Waals surface area (Å²) >= 11 is 0. The van der Waals surface area contributed by atoms with Gasteiger partial charge in [0.25, 0.3) is 5.91 Å². The van der Waals surface area contributed by atoms with Crippen molar-refractivity contribution in [2.24, 2.45) is 0 Å². The number of H-pyrrole nitrogens is 1. The third-order valence-corrected chi connectivity index (χ3v) is 5.03. The number of carbonyl (C=O) groups is 1. The number of pyridine rings is 1. The van der Waals surface area contributed by atoms with Gasteiger partial charge in [0, 0.05) is 35.5 Å². The van der Waals surface area contributed by atoms with Gasteiger partial charge >= 0.3 is 0 Å². The van der Waals surface area contributed by atoms with Gasteiger partial charge in [-0.25, -0.2) is 0 Å². The summed E-state index contributed by atoms with van der Waals surface area (Å²) in [6.45, 7) is 0.633. The summed E-state index contributed by atoms with van der Waals surface area (Å²) in [6, 6.07) is 15.4. The number of furan rings is 1. The Morgan fingerprint density at radius 2 is 2.08 bits per heavy atom. The molecule has 1 aliphatic rings. The van der Waals surface area contributed by atoms with Crippen molar-refractivity contribution in [3.8, 4) is 0 Å². The topological polar surface area (TPSA) is 62.1 Å². The fourth-order valence-corrected chi connectivity index (χ4v) is 3.89. The van der Waals surface area contributed by atoms with E-state index >= 15 is 0 Å². The fourth-order valence-electron chi connectivity index (χ4n) is 3.89. The molecule has 1 aromatic carbocycles. The second kappa shape index (κ2) is 5.88. The SMILES string of the molecule is O=C(c1ccco1)N1CCc2c([nH]c3ccccc23)C1c1cccnc1. The molecule has 0 spiro atoms. The Balaban J connectivity index is 1.69. The number of benzene rings is 1. The lowest BCUT2D eigenvalue weighted by molar-refractivity contribution is 0.0659. The number of aromatic amines is 1. The third kappa shape index (κ3) is 2.24. The van der Waals surface area contributed by atoms with Crippen LogP contribution in [0.4, 0.5) is 0 Å². The zero-order valence-corrected chi connectivity index (χ0v) is 14.1. The minimum atomic E-state index is -0.211. The van der Waals surface area contributed by atoms with Crippen LogP contribution in [0.25, 0.3) is 10.9 Å². The van der Waals surface area contributed by atoms with E-state index in [1.54, 1.807) is 18.3 Å². The summed E-state index contributed by atoms with van der Waals surface area (Å²) in [5.41, 5.74) is 4.42. The van der Waals surface area contributed by atoms with Crippen molar-refractivity contribution in [1.29, 1.82) is 0 Å². The van der Waals surface area contributed by atoms with Crippen LogP contribution in [0.3, 0.4) is 0 Å². The van der Waals surface area contributed by atoms with E-state index in [-0.39, 0.29) is 11.9 Å². The second-order valence-corrected chi connectivity index (χ2v) is 6.48. The number of hydrogen-bond donors (Lipinski definition) is 1. The van der Waals surface area contributed by atoms with Gasteiger partial charge < -0.3 is 14.3 Å². The highest BCUT2D eigenvalue weighted by molar-refractivity contribution is 5.93. The highest BCUT2D eigenvalue weighted by Gasteiger charge is 2.35. The van der Waals surface area contributed by atoms with Crippen molar-refractivity contribution < 1.29 is 9.21 Å². The fraction of sp³-hybridized carbons (Fsp3) is 0.143. The molecule has 4 heterocycles. The smallest absolute Gasteiger partial charge is 0.290 e. The summed E-state index contributed by atoms with van der Waals surface area (Å²) in [7, 11) is 0. The van der Waals surface area contributed by atoms with E-state index in [0.29, 0.717) is 12.3 Å². The van der Waals surface area contributed by atoms with E-state index in [9.17, 15) is 4.79 Å². The maximum Gasteiger partial charge on any atom is 0.290 e. The molecule has 0 saturated carbocycles. The molecule has 1 aliphatic heterocycles. The van der Waals surface area contributed by atoms with Crippen molar-refractivity contribution >= 4 is 16.8 Å². The van der Waals surface area contributed by atoms with Crippen molar-refractivity contribution in [3.05, 3.63) is 89.8 Å². The molecule has 26 heavy (non-hydrogen) atoms. The van der Waals surface area contributed by atoms with Crippen molar-refractivity contribution in [2.75, 3.05) is 6.54 Å². The summed E-state index contributed by atoms with van der Waals surface area (Å²) < 4.78 is 5.36. The first-order valence-electron chi connectivity index (χ1n) is 8.67. The van der Waals surface area contributed by atoms with Crippen molar-refractivity contribution in [2.45, 2.75) is 12.5 Å². The molecule has 128 valence electrons. The van der Waals surface area contributed by atoms with Gasteiger partial charge in [-0.3, -0.25) is 9.78 Å². The number of para-hydroxylation sites is 1. The molecule has 1 N–H and O–H groups in total. The zero-order chi connectivity index (χ0) is 17.5. The van der Waals surface area contributed by atoms with Crippen LogP contribution in [-0.4, -0.2) is 27.3 Å². The number of nitrogens with zero attached hydrogens (tertiary/aromatic N) is 2. The molecule has 3 aromatic heterocycles. The quantitative estimate of drug-likeness (QED) is 0.599. The van der Waals surface area contributed by atoms with Crippen LogP contribution in [-0.2, 0) is 6.42 Å². The molecule has 5 nitrogen and oxygen atoms in total. The number of fused-ring (bicyclic) bond motifs is 3. The van der Waals surface area contributed by atoms with E-state index in [1.807, 2.05) is 29.3 Å². The van der Waals surface area contributed by atoms with Gasteiger partial charge in [0.1, 0.15) is 0 Å². The predicted octanol–water partition coefficient (Wildman–Crippen LogP) is 3.94. The number of carbonyl (C=O) groups excluding carboxylic acids is 1. The minimum Gasteiger partial charge on any atom is -0.459 e. The summed E-state index contributed by atoms with van der Waals surface area (Å²) in [5.74, 6) is 0.256. The molecule has 1 amide bonds. The molecule has 5 heteroatoms. The second-order valence-electron chi connectivity index (χ2n) is 6.48. The van der Waals surface area contributed by atoms with Gasteiger partial charge in [0.2, 0.25) is 0 Å². The molecule has 1 unspecified atom stereocenters. The third-order valence-electron chi connectivity index (χ3n) is 5.03. The molecule has 1 atom stereocenters. The van der Waals surface area contributed by atoms with E-state index in [0.717, 1.165) is 23.2 Å². The Labute approximate surface area is 150 Å². The van der Waals surface area contributed by atoms with Gasteiger partial charge in [-0.1, -0.05) is 24.3 Å². The van der Waals surface area contributed by atoms with E-state index in [2.05, 4.69) is 28.2 Å². The van der Waals surface area contributed by atoms with Crippen LogP contribution in [0, 0.1) is 0 Å². The minimum absolute atomic E-state index is 0.104. The van der Waals surface area contributed by atoms with Gasteiger partial charge in [0.05, 0.1) is 12.3 Å². The van der Waals surface area contributed by atoms with Crippen LogP contribution >= 0.6 is 0 Å². The molecule has 4 aromatic rings. The summed E-state index contributed by atoms with van der Waals surface area (Å²) in [5, 5.41) is 1.22. The maximum absolute atomic E-state index is 13.1. The van der Waals surface area contributed by atoms with Crippen LogP contribution in [0.15, 0.2) is 71.6 Å². The number of nitrogens with one attached hydrogen (secondary N) is 1. The monoisotopic (exact) mass is 343 g/mol. The predicted molar refractivity (Wildman–Crippen MR) is 97.8 cm³/mol. The summed E-state index contributed by atoms with van der Waals surface area (Å²) in [4.78, 5) is 22.7. The first-order valence-corrected chi connectivity index (χ1v) is 8.67. The normalized spacial score (nSPS) is 16.6. The maximum atomic E-state index is 13.1. The van der Waals surface area contributed by atoms with Crippen molar-refractivity contribution in [1.82, 2.24) is 14.9 Å². The van der Waals surface area contributed by atoms with Crippen LogP contribution in [0.1, 0.15) is 33.4 Å². The Hall–Kier alpha value is -3.34. The van der Waals surface area contributed by atoms with Crippen LogP contribution in [0.2, 0.25) is 0 Å². The molecule has 0 radical (unpaired) electrons. The zero-order valence-electron chi connectivity index (χ0n) is 14.1. The Kier molecular flexibility index (Phi) is 3.38. The van der Waals surface area contributed by atoms with E-state index in [4.69, 9.17) is 4.42 Å². The van der Waals surface area contributed by atoms with Crippen molar-refractivity contribution in [3.63, 3.8) is 0 Å². The van der Waals surface area contributed by atoms with Gasteiger partial charge in [-0.05, 0) is 41.8 Å². The first-order chi connectivity index (χ1) is 12.8. The lowest BCUT2D eigenvalue weighted by atomic mass is 9.93. The summed E-state index contributed by atoms with van der Waals surface area (Å²) in [6.07, 6.45) is 5.91. The number of hydrogen-bond acceptors (Lipinski definition) is 3. The Morgan fingerprint density at radius 3 is 2.88 bits per heavy atom. The van der Waals surface area contributed by atoms with Crippen LogP contribution < -0.4 is 0 Å². The lowest BCUT2D eigenvalue weighted by Crippen LogP contribution is -2.40. The standard InChI is InChI=1S/C21H17N3O2/c25-21(18-8-4-12-26-18)24-11-9-16-15-6-1-2-7-17(15)23-19(16)20(24)14-5-3-10-22-13-14/h1-8,10,12-13,20,23H,9,11H2. The Morgan fingerprint density at radius 1 is 1.15 bits per heavy atom. The van der Waals surface area contributed by atoms with Crippen LogP contribution in [0.5, 0.6) is 0 Å². The highest BCUT2D eigenvalue weighted by Crippen LogP contribution is 2.38. The molecule has 0 saturated heterocycles. The number of rotatable bonds is 2. The van der Waals surface area contributed by atoms with E-state index in [1.165, 1.54) is 17.2 Å². The largest absolute Gasteiger partial charge is 0.459 e. The lowest BCUT2D eigenvalue weighted by Gasteiger charge is -2.35. The van der Waals surface area contributed by atoms with Gasteiger partial charge in [0.15, 0.2) is 5.76 Å². The average Bonchev–Trinajstić information content (AvgIpc) is 3.35. The van der Waals surface area contributed by atoms with E-state index < -0.39 is 0 Å². The van der Waals surface area contributed by atoms with Gasteiger partial charge in [-0.15, -0.1) is 0 Å². The molecular formula is C21H17N3O2. The number of aromatic nitrogens is 2. The average molecular weight is 343 g/mol. The molecule has 0 bridgehead atoms. The number of amides is 1. The Bertz CT molecular complexity index is 1070. The molecular weight excluding hydrogens is 326 g/mol. The molecule has 0 aliphatic carbocycles. The highest BCUT2D eigenvalue weighted by atomic mass is 16.3. The molecule has 0 fully saturated rings. The van der Waals surface area contributed by atoms with Gasteiger partial charge in [-0.2, -0.15) is 0 Å². The molecule has 5 rings (SSSR count).